The van der Waals surface area contributed by atoms with E-state index >= 15 is 0 Å². The van der Waals surface area contributed by atoms with Crippen LogP contribution in [0.5, 0.6) is 0 Å². The molecule has 16 heavy (non-hydrogen) atoms. The van der Waals surface area contributed by atoms with Crippen LogP contribution >= 0.6 is 11.6 Å². The van der Waals surface area contributed by atoms with Crippen molar-refractivity contribution >= 4 is 17.2 Å². The molecule has 0 saturated heterocycles. The maximum Gasteiger partial charge on any atom is 0.158 e. The minimum atomic E-state index is 0.513. The van der Waals surface area contributed by atoms with Gasteiger partial charge in [-0.05, 0) is 24.5 Å². The number of fused-ring (bicyclic) bond motifs is 1. The molecule has 0 spiro atoms. The van der Waals surface area contributed by atoms with Crippen molar-refractivity contribution in [1.82, 2.24) is 14.6 Å². The average Bonchev–Trinajstić information content (AvgIpc) is 2.60. The lowest BCUT2D eigenvalue weighted by Gasteiger charge is -2.05. The molecule has 0 aliphatic rings. The molecule has 0 atom stereocenters. The van der Waals surface area contributed by atoms with Gasteiger partial charge < -0.3 is 0 Å². The molecule has 0 radical (unpaired) electrons. The number of hydrogen-bond acceptors (Lipinski definition) is 2. The summed E-state index contributed by atoms with van der Waals surface area (Å²) in [5.41, 5.74) is 3.26. The summed E-state index contributed by atoms with van der Waals surface area (Å²) in [6.45, 7) is 4.33. The molecule has 4 heteroatoms. The fourth-order valence-corrected chi connectivity index (χ4v) is 2.08. The molecule has 0 unspecified atom stereocenters. The van der Waals surface area contributed by atoms with Crippen molar-refractivity contribution in [1.29, 1.82) is 0 Å². The summed E-state index contributed by atoms with van der Waals surface area (Å²) in [6, 6.07) is 2.16. The number of aromatic nitrogens is 3. The van der Waals surface area contributed by atoms with Gasteiger partial charge in [0.2, 0.25) is 0 Å². The maximum absolute atomic E-state index is 5.91. The smallest absolute Gasteiger partial charge is 0.158 e. The van der Waals surface area contributed by atoms with E-state index in [0.29, 0.717) is 5.15 Å². The molecular formula is C12H16ClN3. The number of nitrogens with zero attached hydrogens (tertiary/aromatic N) is 3. The molecule has 0 saturated carbocycles. The largest absolute Gasteiger partial charge is 0.219 e. The van der Waals surface area contributed by atoms with E-state index in [1.54, 1.807) is 10.7 Å². The molecular weight excluding hydrogens is 222 g/mol. The molecule has 0 amide bonds. The van der Waals surface area contributed by atoms with Crippen molar-refractivity contribution in [3.63, 3.8) is 0 Å². The first-order valence-electron chi connectivity index (χ1n) is 5.78. The Balaban J connectivity index is 2.53. The van der Waals surface area contributed by atoms with E-state index < -0.39 is 0 Å². The second kappa shape index (κ2) is 4.83. The summed E-state index contributed by atoms with van der Waals surface area (Å²) in [5, 5.41) is 5.01. The lowest BCUT2D eigenvalue weighted by atomic mass is 10.1. The summed E-state index contributed by atoms with van der Waals surface area (Å²) in [5.74, 6) is 0. The summed E-state index contributed by atoms with van der Waals surface area (Å²) < 4.78 is 1.80. The SMILES string of the molecule is CCCc1cc(CCC)c2nc(Cl)cn2n1. The minimum Gasteiger partial charge on any atom is -0.219 e. The Labute approximate surface area is 100 Å². The zero-order chi connectivity index (χ0) is 11.5. The van der Waals surface area contributed by atoms with Crippen molar-refractivity contribution < 1.29 is 0 Å². The van der Waals surface area contributed by atoms with Crippen molar-refractivity contribution in [3.8, 4) is 0 Å². The molecule has 2 heterocycles. The van der Waals surface area contributed by atoms with Gasteiger partial charge in [-0.2, -0.15) is 5.10 Å². The first kappa shape index (κ1) is 11.4. The summed E-state index contributed by atoms with van der Waals surface area (Å²) >= 11 is 5.91. The minimum absolute atomic E-state index is 0.513. The fourth-order valence-electron chi connectivity index (χ4n) is 1.90. The van der Waals surface area contributed by atoms with Gasteiger partial charge in [-0.1, -0.05) is 38.3 Å². The molecule has 0 fully saturated rings. The summed E-state index contributed by atoms with van der Waals surface area (Å²) in [6.07, 6.45) is 6.01. The van der Waals surface area contributed by atoms with Crippen molar-refractivity contribution in [2.45, 2.75) is 39.5 Å². The van der Waals surface area contributed by atoms with E-state index in [1.807, 2.05) is 0 Å². The molecule has 0 N–H and O–H groups in total. The van der Waals surface area contributed by atoms with Crippen LogP contribution in [-0.4, -0.2) is 14.6 Å². The van der Waals surface area contributed by atoms with Crippen molar-refractivity contribution in [2.75, 3.05) is 0 Å². The van der Waals surface area contributed by atoms with E-state index in [9.17, 15) is 0 Å². The lowest BCUT2D eigenvalue weighted by Crippen LogP contribution is -2.01. The van der Waals surface area contributed by atoms with Gasteiger partial charge in [0.25, 0.3) is 0 Å². The van der Waals surface area contributed by atoms with Crippen LogP contribution in [0.1, 0.15) is 37.9 Å². The van der Waals surface area contributed by atoms with E-state index in [0.717, 1.165) is 37.0 Å². The number of hydrogen-bond donors (Lipinski definition) is 0. The molecule has 3 nitrogen and oxygen atoms in total. The van der Waals surface area contributed by atoms with Crippen LogP contribution in [0.15, 0.2) is 12.3 Å². The topological polar surface area (TPSA) is 30.2 Å². The second-order valence-corrected chi connectivity index (χ2v) is 4.38. The van der Waals surface area contributed by atoms with Crippen LogP contribution in [0, 0.1) is 0 Å². The quantitative estimate of drug-likeness (QED) is 0.817. The zero-order valence-electron chi connectivity index (χ0n) is 9.70. The third-order valence-corrected chi connectivity index (χ3v) is 2.73. The molecule has 0 aliphatic carbocycles. The first-order valence-corrected chi connectivity index (χ1v) is 6.16. The highest BCUT2D eigenvalue weighted by Gasteiger charge is 2.08. The van der Waals surface area contributed by atoms with Gasteiger partial charge in [0.1, 0.15) is 5.15 Å². The fraction of sp³-hybridized carbons (Fsp3) is 0.500. The summed E-state index contributed by atoms with van der Waals surface area (Å²) in [7, 11) is 0. The predicted octanol–water partition coefficient (Wildman–Crippen LogP) is 3.29. The van der Waals surface area contributed by atoms with E-state index in [4.69, 9.17) is 11.6 Å². The Morgan fingerprint density at radius 2 is 2.00 bits per heavy atom. The third-order valence-electron chi connectivity index (χ3n) is 2.55. The van der Waals surface area contributed by atoms with E-state index in [-0.39, 0.29) is 0 Å². The molecule has 86 valence electrons. The monoisotopic (exact) mass is 237 g/mol. The normalized spacial score (nSPS) is 11.2. The van der Waals surface area contributed by atoms with Crippen LogP contribution in [0.2, 0.25) is 5.15 Å². The molecule has 2 aromatic heterocycles. The number of rotatable bonds is 4. The number of aryl methyl sites for hydroxylation is 2. The van der Waals surface area contributed by atoms with E-state index in [2.05, 4.69) is 30.0 Å². The van der Waals surface area contributed by atoms with Gasteiger partial charge in [0.05, 0.1) is 11.9 Å². The van der Waals surface area contributed by atoms with Gasteiger partial charge in [-0.15, -0.1) is 0 Å². The molecule has 0 bridgehead atoms. The molecule has 0 aliphatic heterocycles. The van der Waals surface area contributed by atoms with Crippen LogP contribution in [0.3, 0.4) is 0 Å². The Bertz CT molecular complexity index is 490. The van der Waals surface area contributed by atoms with Crippen LogP contribution < -0.4 is 0 Å². The van der Waals surface area contributed by atoms with E-state index in [1.165, 1.54) is 5.56 Å². The van der Waals surface area contributed by atoms with Gasteiger partial charge in [0.15, 0.2) is 5.65 Å². The van der Waals surface area contributed by atoms with Crippen molar-refractivity contribution in [3.05, 3.63) is 28.7 Å². The second-order valence-electron chi connectivity index (χ2n) is 3.99. The molecule has 0 aromatic carbocycles. The van der Waals surface area contributed by atoms with Crippen molar-refractivity contribution in [2.24, 2.45) is 0 Å². The van der Waals surface area contributed by atoms with Crippen LogP contribution in [-0.2, 0) is 12.8 Å². The zero-order valence-corrected chi connectivity index (χ0v) is 10.5. The summed E-state index contributed by atoms with van der Waals surface area (Å²) in [4.78, 5) is 4.30. The Hall–Kier alpha value is -1.09. The van der Waals surface area contributed by atoms with Gasteiger partial charge in [0, 0.05) is 0 Å². The standard InChI is InChI=1S/C12H16ClN3/c1-3-5-9-7-10(6-4-2)15-16-8-11(13)14-12(9)16/h7-8H,3-6H2,1-2H3. The highest BCUT2D eigenvalue weighted by Crippen LogP contribution is 2.16. The Morgan fingerprint density at radius 1 is 1.25 bits per heavy atom. The number of imidazole rings is 1. The predicted molar refractivity (Wildman–Crippen MR) is 66.0 cm³/mol. The van der Waals surface area contributed by atoms with Crippen LogP contribution in [0.4, 0.5) is 0 Å². The van der Waals surface area contributed by atoms with Crippen LogP contribution in [0.25, 0.3) is 5.65 Å². The average molecular weight is 238 g/mol. The van der Waals surface area contributed by atoms with Gasteiger partial charge in [-0.25, -0.2) is 9.50 Å². The highest BCUT2D eigenvalue weighted by molar-refractivity contribution is 6.29. The molecule has 2 rings (SSSR count). The Kier molecular flexibility index (Phi) is 3.44. The Morgan fingerprint density at radius 3 is 2.69 bits per heavy atom. The lowest BCUT2D eigenvalue weighted by molar-refractivity contribution is 0.793. The van der Waals surface area contributed by atoms with Gasteiger partial charge >= 0.3 is 0 Å². The molecule has 2 aromatic rings. The number of halogens is 1. The first-order chi connectivity index (χ1) is 7.74. The highest BCUT2D eigenvalue weighted by atomic mass is 35.5. The third kappa shape index (κ3) is 2.19. The maximum atomic E-state index is 5.91. The van der Waals surface area contributed by atoms with Gasteiger partial charge in [-0.3, -0.25) is 0 Å².